The van der Waals surface area contributed by atoms with E-state index in [2.05, 4.69) is 10.6 Å². The van der Waals surface area contributed by atoms with Gasteiger partial charge in [0.25, 0.3) is 5.91 Å². The first kappa shape index (κ1) is 21.7. The van der Waals surface area contributed by atoms with E-state index in [1.54, 1.807) is 23.9 Å². The van der Waals surface area contributed by atoms with Crippen LogP contribution in [0.2, 0.25) is 0 Å². The van der Waals surface area contributed by atoms with Crippen LogP contribution in [0.4, 0.5) is 0 Å². The van der Waals surface area contributed by atoms with Crippen LogP contribution in [-0.4, -0.2) is 29.9 Å². The van der Waals surface area contributed by atoms with E-state index >= 15 is 0 Å². The van der Waals surface area contributed by atoms with Crippen LogP contribution < -0.4 is 10.6 Å². The Balaban J connectivity index is 1.80. The number of carbonyl (C=O) groups is 2. The second kappa shape index (κ2) is 11.2. The van der Waals surface area contributed by atoms with E-state index in [4.69, 9.17) is 0 Å². The van der Waals surface area contributed by atoms with Crippen molar-refractivity contribution in [3.8, 4) is 0 Å². The molecule has 0 aromatic heterocycles. The number of nitrogens with one attached hydrogen (secondary N) is 2. The summed E-state index contributed by atoms with van der Waals surface area (Å²) < 4.78 is 0. The van der Waals surface area contributed by atoms with E-state index in [0.717, 1.165) is 16.9 Å². The van der Waals surface area contributed by atoms with Gasteiger partial charge in [-0.15, -0.1) is 0 Å². The summed E-state index contributed by atoms with van der Waals surface area (Å²) >= 11 is 1.65. The lowest BCUT2D eigenvalue weighted by Gasteiger charge is -2.24. The standard InChI is InChI=1S/C25H26N2O2S/c1-30-18-17-22(26-24(28)21-15-9-4-10-16-21)25(29)27-23(19-11-5-2-6-12-19)20-13-7-3-8-14-20/h2-16,22-23H,17-18H2,1H3,(H,26,28)(H,27,29)/t22-/m1/s1. The molecule has 2 N–H and O–H groups in total. The average Bonchev–Trinajstić information content (AvgIpc) is 2.81. The maximum atomic E-state index is 13.2. The topological polar surface area (TPSA) is 58.2 Å². The van der Waals surface area contributed by atoms with E-state index in [1.807, 2.05) is 85.1 Å². The van der Waals surface area contributed by atoms with Gasteiger partial charge in [0.1, 0.15) is 6.04 Å². The summed E-state index contributed by atoms with van der Waals surface area (Å²) in [5.74, 6) is 0.341. The number of hydrogen-bond acceptors (Lipinski definition) is 3. The summed E-state index contributed by atoms with van der Waals surface area (Å²) in [5.41, 5.74) is 2.53. The highest BCUT2D eigenvalue weighted by molar-refractivity contribution is 7.98. The van der Waals surface area contributed by atoms with Crippen molar-refractivity contribution in [1.82, 2.24) is 10.6 Å². The number of amides is 2. The Morgan fingerprint density at radius 1 is 0.767 bits per heavy atom. The molecular formula is C25H26N2O2S. The number of thioether (sulfide) groups is 1. The molecule has 4 nitrogen and oxygen atoms in total. The fraction of sp³-hybridized carbons (Fsp3) is 0.200. The summed E-state index contributed by atoms with van der Waals surface area (Å²) in [6.07, 6.45) is 2.55. The van der Waals surface area contributed by atoms with Gasteiger partial charge in [0.15, 0.2) is 0 Å². The maximum Gasteiger partial charge on any atom is 0.251 e. The van der Waals surface area contributed by atoms with Crippen LogP contribution >= 0.6 is 11.8 Å². The quantitative estimate of drug-likeness (QED) is 0.540. The van der Waals surface area contributed by atoms with Crippen molar-refractivity contribution in [2.75, 3.05) is 12.0 Å². The van der Waals surface area contributed by atoms with Gasteiger partial charge in [0, 0.05) is 5.56 Å². The molecule has 30 heavy (non-hydrogen) atoms. The minimum atomic E-state index is -0.611. The smallest absolute Gasteiger partial charge is 0.251 e. The molecule has 3 aromatic rings. The van der Waals surface area contributed by atoms with E-state index < -0.39 is 6.04 Å². The van der Waals surface area contributed by atoms with Crippen molar-refractivity contribution in [3.05, 3.63) is 108 Å². The van der Waals surface area contributed by atoms with Crippen molar-refractivity contribution in [2.24, 2.45) is 0 Å². The highest BCUT2D eigenvalue weighted by atomic mass is 32.2. The molecule has 0 aliphatic rings. The molecular weight excluding hydrogens is 392 g/mol. The zero-order chi connectivity index (χ0) is 21.2. The fourth-order valence-electron chi connectivity index (χ4n) is 3.23. The molecule has 1 atom stereocenters. The Hall–Kier alpha value is -3.05. The molecule has 0 bridgehead atoms. The first-order valence-corrected chi connectivity index (χ1v) is 11.3. The molecule has 3 rings (SSSR count). The third-order valence-corrected chi connectivity index (χ3v) is 5.46. The number of benzene rings is 3. The lowest BCUT2D eigenvalue weighted by atomic mass is 9.98. The summed E-state index contributed by atoms with van der Waals surface area (Å²) in [6.45, 7) is 0. The van der Waals surface area contributed by atoms with E-state index in [0.29, 0.717) is 12.0 Å². The zero-order valence-electron chi connectivity index (χ0n) is 17.0. The van der Waals surface area contributed by atoms with Crippen molar-refractivity contribution in [2.45, 2.75) is 18.5 Å². The molecule has 0 saturated carbocycles. The Bertz CT molecular complexity index is 894. The predicted octanol–water partition coefficient (Wildman–Crippen LogP) is 4.44. The second-order valence-electron chi connectivity index (χ2n) is 6.94. The van der Waals surface area contributed by atoms with Crippen molar-refractivity contribution >= 4 is 23.6 Å². The van der Waals surface area contributed by atoms with Crippen LogP contribution in [0.1, 0.15) is 33.9 Å². The van der Waals surface area contributed by atoms with Gasteiger partial charge in [-0.1, -0.05) is 78.9 Å². The van der Waals surface area contributed by atoms with Gasteiger partial charge in [-0.05, 0) is 41.7 Å². The summed E-state index contributed by atoms with van der Waals surface area (Å²) in [6, 6.07) is 27.8. The molecule has 0 heterocycles. The highest BCUT2D eigenvalue weighted by Crippen LogP contribution is 2.22. The van der Waals surface area contributed by atoms with Crippen LogP contribution in [0.3, 0.4) is 0 Å². The Kier molecular flexibility index (Phi) is 8.10. The number of hydrogen-bond donors (Lipinski definition) is 2. The van der Waals surface area contributed by atoms with Gasteiger partial charge in [0.05, 0.1) is 6.04 Å². The largest absolute Gasteiger partial charge is 0.343 e. The highest BCUT2D eigenvalue weighted by Gasteiger charge is 2.25. The minimum Gasteiger partial charge on any atom is -0.343 e. The molecule has 3 aromatic carbocycles. The summed E-state index contributed by atoms with van der Waals surface area (Å²) in [4.78, 5) is 25.9. The summed E-state index contributed by atoms with van der Waals surface area (Å²) in [7, 11) is 0. The Morgan fingerprint density at radius 3 is 1.77 bits per heavy atom. The first-order valence-electron chi connectivity index (χ1n) is 9.94. The molecule has 0 unspecified atom stereocenters. The lowest BCUT2D eigenvalue weighted by Crippen LogP contribution is -2.48. The number of carbonyl (C=O) groups excluding carboxylic acids is 2. The zero-order valence-corrected chi connectivity index (χ0v) is 17.8. The summed E-state index contributed by atoms with van der Waals surface area (Å²) in [5, 5.41) is 6.06. The van der Waals surface area contributed by atoms with Crippen LogP contribution in [0.15, 0.2) is 91.0 Å². The van der Waals surface area contributed by atoms with Crippen LogP contribution in [0.25, 0.3) is 0 Å². The SMILES string of the molecule is CSCC[C@@H](NC(=O)c1ccccc1)C(=O)NC(c1ccccc1)c1ccccc1. The van der Waals surface area contributed by atoms with Gasteiger partial charge in [-0.25, -0.2) is 0 Å². The van der Waals surface area contributed by atoms with Crippen LogP contribution in [-0.2, 0) is 4.79 Å². The van der Waals surface area contributed by atoms with Crippen LogP contribution in [0, 0.1) is 0 Å². The van der Waals surface area contributed by atoms with Crippen LogP contribution in [0.5, 0.6) is 0 Å². The fourth-order valence-corrected chi connectivity index (χ4v) is 3.70. The van der Waals surface area contributed by atoms with Gasteiger partial charge in [0.2, 0.25) is 5.91 Å². The number of rotatable bonds is 9. The average molecular weight is 419 g/mol. The van der Waals surface area contributed by atoms with Crippen molar-refractivity contribution < 1.29 is 9.59 Å². The van der Waals surface area contributed by atoms with Crippen molar-refractivity contribution in [1.29, 1.82) is 0 Å². The monoisotopic (exact) mass is 418 g/mol. The van der Waals surface area contributed by atoms with E-state index in [9.17, 15) is 9.59 Å². The van der Waals surface area contributed by atoms with Crippen molar-refractivity contribution in [3.63, 3.8) is 0 Å². The molecule has 0 fully saturated rings. The second-order valence-corrected chi connectivity index (χ2v) is 7.92. The molecule has 0 radical (unpaired) electrons. The molecule has 154 valence electrons. The minimum absolute atomic E-state index is 0.189. The molecule has 5 heteroatoms. The Morgan fingerprint density at radius 2 is 1.27 bits per heavy atom. The molecule has 0 spiro atoms. The molecule has 0 saturated heterocycles. The van der Waals surface area contributed by atoms with Gasteiger partial charge < -0.3 is 10.6 Å². The third kappa shape index (κ3) is 5.97. The predicted molar refractivity (Wildman–Crippen MR) is 124 cm³/mol. The first-order chi connectivity index (χ1) is 14.7. The van der Waals surface area contributed by atoms with Gasteiger partial charge >= 0.3 is 0 Å². The Labute approximate surface area is 182 Å². The van der Waals surface area contributed by atoms with Gasteiger partial charge in [-0.3, -0.25) is 9.59 Å². The molecule has 2 amide bonds. The normalized spacial score (nSPS) is 11.7. The van der Waals surface area contributed by atoms with E-state index in [-0.39, 0.29) is 17.9 Å². The molecule has 0 aliphatic carbocycles. The third-order valence-electron chi connectivity index (χ3n) is 4.82. The van der Waals surface area contributed by atoms with Gasteiger partial charge in [-0.2, -0.15) is 11.8 Å². The van der Waals surface area contributed by atoms with E-state index in [1.165, 1.54) is 0 Å². The molecule has 0 aliphatic heterocycles. The maximum absolute atomic E-state index is 13.2. The lowest BCUT2D eigenvalue weighted by molar-refractivity contribution is -0.123.